The molecule has 88 valence electrons. The van der Waals surface area contributed by atoms with E-state index in [1.807, 2.05) is 0 Å². The number of carboxylic acids is 1. The van der Waals surface area contributed by atoms with Crippen LogP contribution in [0, 0.1) is 0 Å². The molecule has 0 rings (SSSR count). The van der Waals surface area contributed by atoms with E-state index in [-0.39, 0.29) is 13.0 Å². The van der Waals surface area contributed by atoms with Gasteiger partial charge in [0.1, 0.15) is 0 Å². The van der Waals surface area contributed by atoms with E-state index in [0.717, 1.165) is 0 Å². The SMILES string of the molecule is CC(O)CCOC(=O)C(O)C(O)C(=O)O. The molecule has 7 heteroatoms. The second-order valence-electron chi connectivity index (χ2n) is 3.03. The highest BCUT2D eigenvalue weighted by atomic mass is 16.6. The maximum Gasteiger partial charge on any atom is 0.338 e. The van der Waals surface area contributed by atoms with Gasteiger partial charge in [-0.1, -0.05) is 0 Å². The summed E-state index contributed by atoms with van der Waals surface area (Å²) in [6.07, 6.45) is -4.82. The number of esters is 1. The van der Waals surface area contributed by atoms with Gasteiger partial charge in [0.15, 0.2) is 12.2 Å². The summed E-state index contributed by atoms with van der Waals surface area (Å²) >= 11 is 0. The van der Waals surface area contributed by atoms with Crippen LogP contribution in [0.25, 0.3) is 0 Å². The Morgan fingerprint density at radius 3 is 2.13 bits per heavy atom. The van der Waals surface area contributed by atoms with E-state index in [4.69, 9.17) is 20.4 Å². The van der Waals surface area contributed by atoms with Crippen LogP contribution in [0.3, 0.4) is 0 Å². The van der Waals surface area contributed by atoms with Gasteiger partial charge >= 0.3 is 11.9 Å². The second-order valence-corrected chi connectivity index (χ2v) is 3.03. The molecule has 0 amide bonds. The fourth-order valence-corrected chi connectivity index (χ4v) is 0.679. The number of carboxylic acid groups (broad SMARTS) is 1. The molecule has 0 bridgehead atoms. The number of aliphatic hydroxyl groups excluding tert-OH is 3. The zero-order valence-electron chi connectivity index (χ0n) is 8.16. The first-order valence-corrected chi connectivity index (χ1v) is 4.30. The molecule has 0 fully saturated rings. The van der Waals surface area contributed by atoms with Crippen LogP contribution >= 0.6 is 0 Å². The Labute approximate surface area is 85.9 Å². The third kappa shape index (κ3) is 5.31. The number of rotatable bonds is 6. The number of hydrogen-bond acceptors (Lipinski definition) is 6. The minimum Gasteiger partial charge on any atom is -0.479 e. The van der Waals surface area contributed by atoms with Gasteiger partial charge in [0.25, 0.3) is 0 Å². The quantitative estimate of drug-likeness (QED) is 0.387. The van der Waals surface area contributed by atoms with E-state index in [2.05, 4.69) is 4.74 Å². The number of aliphatic hydroxyl groups is 3. The maximum atomic E-state index is 10.9. The summed E-state index contributed by atoms with van der Waals surface area (Å²) in [4.78, 5) is 21.1. The first-order chi connectivity index (χ1) is 6.86. The summed E-state index contributed by atoms with van der Waals surface area (Å²) in [7, 11) is 0. The van der Waals surface area contributed by atoms with Crippen molar-refractivity contribution in [1.29, 1.82) is 0 Å². The van der Waals surface area contributed by atoms with E-state index in [1.165, 1.54) is 6.92 Å². The Morgan fingerprint density at radius 1 is 1.20 bits per heavy atom. The lowest BCUT2D eigenvalue weighted by Gasteiger charge is -2.13. The van der Waals surface area contributed by atoms with Crippen LogP contribution in [0.15, 0.2) is 0 Å². The van der Waals surface area contributed by atoms with Crippen molar-refractivity contribution in [2.24, 2.45) is 0 Å². The van der Waals surface area contributed by atoms with E-state index < -0.39 is 30.3 Å². The summed E-state index contributed by atoms with van der Waals surface area (Å²) in [5, 5.41) is 34.8. The molecule has 0 spiro atoms. The van der Waals surface area contributed by atoms with Gasteiger partial charge in [-0.25, -0.2) is 9.59 Å². The third-order valence-electron chi connectivity index (χ3n) is 1.57. The summed E-state index contributed by atoms with van der Waals surface area (Å²) in [5.74, 6) is -2.94. The van der Waals surface area contributed by atoms with Crippen molar-refractivity contribution in [2.45, 2.75) is 31.7 Å². The zero-order chi connectivity index (χ0) is 12.0. The third-order valence-corrected chi connectivity index (χ3v) is 1.57. The Hall–Kier alpha value is -1.18. The lowest BCUT2D eigenvalue weighted by Crippen LogP contribution is -2.40. The van der Waals surface area contributed by atoms with Gasteiger partial charge < -0.3 is 25.2 Å². The molecule has 0 aromatic heterocycles. The number of carbonyl (C=O) groups is 2. The Balaban J connectivity index is 3.94. The lowest BCUT2D eigenvalue weighted by atomic mass is 10.2. The molecular formula is C8H14O7. The van der Waals surface area contributed by atoms with Crippen LogP contribution in [-0.2, 0) is 14.3 Å². The standard InChI is InChI=1S/C8H14O7/c1-4(9)2-3-15-8(14)6(11)5(10)7(12)13/h4-6,9-11H,2-3H2,1H3,(H,12,13). The monoisotopic (exact) mass is 222 g/mol. The van der Waals surface area contributed by atoms with Gasteiger partial charge in [0.05, 0.1) is 12.7 Å². The van der Waals surface area contributed by atoms with Gasteiger partial charge in [-0.05, 0) is 6.92 Å². The normalized spacial score (nSPS) is 16.5. The highest BCUT2D eigenvalue weighted by molar-refractivity contribution is 5.84. The van der Waals surface area contributed by atoms with Crippen molar-refractivity contribution in [1.82, 2.24) is 0 Å². The predicted molar refractivity (Wildman–Crippen MR) is 46.9 cm³/mol. The number of hydrogen-bond donors (Lipinski definition) is 4. The molecule has 3 atom stereocenters. The van der Waals surface area contributed by atoms with Crippen LogP contribution in [0.2, 0.25) is 0 Å². The van der Waals surface area contributed by atoms with E-state index in [1.54, 1.807) is 0 Å². The summed E-state index contributed by atoms with van der Waals surface area (Å²) < 4.78 is 4.41. The van der Waals surface area contributed by atoms with Gasteiger partial charge in [0, 0.05) is 6.42 Å². The molecule has 0 aromatic rings. The van der Waals surface area contributed by atoms with Crippen molar-refractivity contribution in [3.05, 3.63) is 0 Å². The first kappa shape index (κ1) is 13.8. The van der Waals surface area contributed by atoms with Crippen molar-refractivity contribution in [3.63, 3.8) is 0 Å². The molecule has 0 aliphatic carbocycles. The van der Waals surface area contributed by atoms with Crippen LogP contribution in [0.4, 0.5) is 0 Å². The minimum absolute atomic E-state index is 0.153. The summed E-state index contributed by atoms with van der Waals surface area (Å²) in [6, 6.07) is 0. The Bertz CT molecular complexity index is 225. The number of ether oxygens (including phenoxy) is 1. The molecule has 0 saturated heterocycles. The summed E-state index contributed by atoms with van der Waals surface area (Å²) in [6.45, 7) is 1.33. The minimum atomic E-state index is -2.20. The molecular weight excluding hydrogens is 208 g/mol. The largest absolute Gasteiger partial charge is 0.479 e. The topological polar surface area (TPSA) is 124 Å². The van der Waals surface area contributed by atoms with Crippen molar-refractivity contribution in [2.75, 3.05) is 6.61 Å². The van der Waals surface area contributed by atoms with E-state index in [0.29, 0.717) is 0 Å². The molecule has 0 heterocycles. The predicted octanol–water partition coefficient (Wildman–Crippen LogP) is -1.89. The van der Waals surface area contributed by atoms with Crippen LogP contribution in [0.5, 0.6) is 0 Å². The molecule has 0 aliphatic rings. The fourth-order valence-electron chi connectivity index (χ4n) is 0.679. The van der Waals surface area contributed by atoms with Gasteiger partial charge in [0.2, 0.25) is 0 Å². The van der Waals surface area contributed by atoms with E-state index >= 15 is 0 Å². The average molecular weight is 222 g/mol. The highest BCUT2D eigenvalue weighted by Gasteiger charge is 2.31. The second kappa shape index (κ2) is 6.33. The molecule has 0 saturated carbocycles. The maximum absolute atomic E-state index is 10.9. The van der Waals surface area contributed by atoms with Gasteiger partial charge in [-0.3, -0.25) is 0 Å². The Morgan fingerprint density at radius 2 is 1.73 bits per heavy atom. The number of aliphatic carboxylic acids is 1. The highest BCUT2D eigenvalue weighted by Crippen LogP contribution is 1.99. The molecule has 3 unspecified atom stereocenters. The molecule has 7 nitrogen and oxygen atoms in total. The van der Waals surface area contributed by atoms with Crippen molar-refractivity contribution >= 4 is 11.9 Å². The number of carbonyl (C=O) groups excluding carboxylic acids is 1. The zero-order valence-corrected chi connectivity index (χ0v) is 8.16. The van der Waals surface area contributed by atoms with Crippen LogP contribution in [-0.4, -0.2) is 57.3 Å². The van der Waals surface area contributed by atoms with E-state index in [9.17, 15) is 9.59 Å². The Kier molecular flexibility index (Phi) is 5.83. The molecule has 4 N–H and O–H groups in total. The smallest absolute Gasteiger partial charge is 0.338 e. The molecule has 0 radical (unpaired) electrons. The fraction of sp³-hybridized carbons (Fsp3) is 0.750. The van der Waals surface area contributed by atoms with Gasteiger partial charge in [-0.2, -0.15) is 0 Å². The van der Waals surface area contributed by atoms with Crippen molar-refractivity contribution < 1.29 is 34.8 Å². The lowest BCUT2D eigenvalue weighted by molar-refractivity contribution is -0.170. The van der Waals surface area contributed by atoms with Crippen molar-refractivity contribution in [3.8, 4) is 0 Å². The molecule has 0 aliphatic heterocycles. The van der Waals surface area contributed by atoms with Crippen LogP contribution < -0.4 is 0 Å². The molecule has 0 aromatic carbocycles. The van der Waals surface area contributed by atoms with Crippen LogP contribution in [0.1, 0.15) is 13.3 Å². The molecule has 15 heavy (non-hydrogen) atoms. The first-order valence-electron chi connectivity index (χ1n) is 4.30. The average Bonchev–Trinajstić information content (AvgIpc) is 2.14. The van der Waals surface area contributed by atoms with Gasteiger partial charge in [-0.15, -0.1) is 0 Å². The summed E-state index contributed by atoms with van der Waals surface area (Å²) in [5.41, 5.74) is 0.